The fourth-order valence-electron chi connectivity index (χ4n) is 3.49. The summed E-state index contributed by atoms with van der Waals surface area (Å²) in [7, 11) is 1.62. The van der Waals surface area contributed by atoms with Crippen molar-refractivity contribution in [2.24, 2.45) is 0 Å². The van der Waals surface area contributed by atoms with Crippen LogP contribution in [0.1, 0.15) is 16.1 Å². The molecule has 3 heterocycles. The Bertz CT molecular complexity index is 916. The molecule has 1 aromatic carbocycles. The third-order valence-corrected chi connectivity index (χ3v) is 5.06. The molecule has 1 fully saturated rings. The molecule has 1 aliphatic rings. The Hall–Kier alpha value is -3.19. The molecule has 4 rings (SSSR count). The second kappa shape index (κ2) is 8.22. The predicted octanol–water partition coefficient (Wildman–Crippen LogP) is 1.29. The lowest BCUT2D eigenvalue weighted by molar-refractivity contribution is -0.917. The zero-order valence-corrected chi connectivity index (χ0v) is 15.8. The number of aromatic nitrogens is 2. The van der Waals surface area contributed by atoms with Gasteiger partial charge in [0.2, 0.25) is 0 Å². The number of methoxy groups -OCH3 is 1. The van der Waals surface area contributed by atoms with E-state index in [1.165, 1.54) is 16.9 Å². The smallest absolute Gasteiger partial charge is 0.276 e. The van der Waals surface area contributed by atoms with E-state index in [9.17, 15) is 4.79 Å². The van der Waals surface area contributed by atoms with E-state index in [0.29, 0.717) is 24.5 Å². The highest BCUT2D eigenvalue weighted by Crippen LogP contribution is 2.26. The first-order chi connectivity index (χ1) is 13.7. The maximum atomic E-state index is 13.0. The second-order valence-electron chi connectivity index (χ2n) is 6.84. The third-order valence-electron chi connectivity index (χ3n) is 5.06. The first-order valence-corrected chi connectivity index (χ1v) is 9.34. The van der Waals surface area contributed by atoms with Crippen LogP contribution in [0.3, 0.4) is 0 Å². The normalized spacial score (nSPS) is 14.8. The number of hydrogen-bond acceptors (Lipinski definition) is 5. The van der Waals surface area contributed by atoms with Gasteiger partial charge in [-0.15, -0.1) is 0 Å². The third kappa shape index (κ3) is 3.89. The molecule has 1 saturated heterocycles. The molecule has 0 spiro atoms. The number of piperazine rings is 1. The maximum Gasteiger partial charge on any atom is 0.276 e. The molecule has 0 bridgehead atoms. The second-order valence-corrected chi connectivity index (χ2v) is 6.84. The number of rotatable bonds is 5. The standard InChI is InChI=1S/C21H22N4O3/c1-27-18-6-4-17(5-7-18)20-19(23-15-28-20)21(26)25-11-9-24(10-12-25)14-16-3-2-8-22-13-16/h2-8,13,15H,9-12,14H2,1H3/p+1. The summed E-state index contributed by atoms with van der Waals surface area (Å²) in [5.41, 5.74) is 2.39. The molecule has 0 atom stereocenters. The van der Waals surface area contributed by atoms with Gasteiger partial charge in [0, 0.05) is 23.5 Å². The molecule has 0 saturated carbocycles. The van der Waals surface area contributed by atoms with Crippen LogP contribution in [0.15, 0.2) is 59.6 Å². The topological polar surface area (TPSA) is 72.9 Å². The van der Waals surface area contributed by atoms with E-state index in [1.807, 2.05) is 41.4 Å². The van der Waals surface area contributed by atoms with Crippen LogP contribution < -0.4 is 9.64 Å². The number of carbonyl (C=O) groups excluding carboxylic acids is 1. The molecule has 1 amide bonds. The van der Waals surface area contributed by atoms with Gasteiger partial charge in [0.05, 0.1) is 33.3 Å². The molecule has 7 nitrogen and oxygen atoms in total. The van der Waals surface area contributed by atoms with Crippen LogP contribution in [0.2, 0.25) is 0 Å². The van der Waals surface area contributed by atoms with Crippen LogP contribution in [0.5, 0.6) is 5.75 Å². The van der Waals surface area contributed by atoms with Gasteiger partial charge in [-0.05, 0) is 30.3 Å². The summed E-state index contributed by atoms with van der Waals surface area (Å²) in [4.78, 5) is 24.7. The minimum Gasteiger partial charge on any atom is -0.497 e. The van der Waals surface area contributed by atoms with Crippen molar-refractivity contribution >= 4 is 5.91 Å². The summed E-state index contributed by atoms with van der Waals surface area (Å²) in [6.45, 7) is 4.12. The fourth-order valence-corrected chi connectivity index (χ4v) is 3.49. The molecular formula is C21H23N4O3+. The number of hydrogen-bond donors (Lipinski definition) is 1. The maximum absolute atomic E-state index is 13.0. The van der Waals surface area contributed by atoms with Gasteiger partial charge in [0.15, 0.2) is 17.8 Å². The van der Waals surface area contributed by atoms with Crippen LogP contribution >= 0.6 is 0 Å². The van der Waals surface area contributed by atoms with Gasteiger partial charge in [-0.25, -0.2) is 4.98 Å². The van der Waals surface area contributed by atoms with E-state index in [4.69, 9.17) is 9.15 Å². The van der Waals surface area contributed by atoms with Crippen molar-refractivity contribution in [2.45, 2.75) is 6.54 Å². The van der Waals surface area contributed by atoms with Crippen LogP contribution in [-0.2, 0) is 6.54 Å². The number of nitrogens with one attached hydrogen (secondary N) is 1. The minimum atomic E-state index is -0.0833. The Balaban J connectivity index is 1.41. The van der Waals surface area contributed by atoms with Crippen LogP contribution in [0.4, 0.5) is 0 Å². The summed E-state index contributed by atoms with van der Waals surface area (Å²) in [5.74, 6) is 1.17. The lowest BCUT2D eigenvalue weighted by Crippen LogP contribution is -3.13. The van der Waals surface area contributed by atoms with Gasteiger partial charge in [-0.3, -0.25) is 9.78 Å². The number of pyridine rings is 1. The minimum absolute atomic E-state index is 0.0833. The summed E-state index contributed by atoms with van der Waals surface area (Å²) in [5, 5.41) is 0. The summed E-state index contributed by atoms with van der Waals surface area (Å²) in [6, 6.07) is 11.5. The molecular weight excluding hydrogens is 356 g/mol. The number of nitrogens with zero attached hydrogens (tertiary/aromatic N) is 3. The van der Waals surface area contributed by atoms with Gasteiger partial charge >= 0.3 is 0 Å². The van der Waals surface area contributed by atoms with Crippen molar-refractivity contribution in [2.75, 3.05) is 33.3 Å². The van der Waals surface area contributed by atoms with Gasteiger partial charge < -0.3 is 19.0 Å². The van der Waals surface area contributed by atoms with Gasteiger partial charge in [-0.1, -0.05) is 6.07 Å². The van der Waals surface area contributed by atoms with Crippen molar-refractivity contribution in [3.63, 3.8) is 0 Å². The van der Waals surface area contributed by atoms with Crippen LogP contribution in [0, 0.1) is 0 Å². The summed E-state index contributed by atoms with van der Waals surface area (Å²) >= 11 is 0. The van der Waals surface area contributed by atoms with Gasteiger partial charge in [0.25, 0.3) is 5.91 Å². The highest BCUT2D eigenvalue weighted by molar-refractivity contribution is 5.97. The van der Waals surface area contributed by atoms with E-state index in [2.05, 4.69) is 16.0 Å². The van der Waals surface area contributed by atoms with E-state index in [1.54, 1.807) is 13.3 Å². The van der Waals surface area contributed by atoms with Crippen molar-refractivity contribution in [1.29, 1.82) is 0 Å². The first kappa shape index (κ1) is 18.2. The molecule has 2 aromatic heterocycles. The number of amides is 1. The van der Waals surface area contributed by atoms with Crippen molar-refractivity contribution in [1.82, 2.24) is 14.9 Å². The molecule has 0 unspecified atom stereocenters. The van der Waals surface area contributed by atoms with E-state index in [-0.39, 0.29) is 5.91 Å². The number of carbonyl (C=O) groups is 1. The van der Waals surface area contributed by atoms with Crippen LogP contribution in [-0.4, -0.2) is 54.1 Å². The first-order valence-electron chi connectivity index (χ1n) is 9.34. The Morgan fingerprint density at radius 2 is 2.00 bits per heavy atom. The van der Waals surface area contributed by atoms with E-state index in [0.717, 1.165) is 30.9 Å². The lowest BCUT2D eigenvalue weighted by atomic mass is 10.1. The van der Waals surface area contributed by atoms with Crippen LogP contribution in [0.25, 0.3) is 11.3 Å². The average Bonchev–Trinajstić information content (AvgIpc) is 3.24. The highest BCUT2D eigenvalue weighted by Gasteiger charge is 2.28. The van der Waals surface area contributed by atoms with Crippen molar-refractivity contribution < 1.29 is 18.8 Å². The molecule has 7 heteroatoms. The monoisotopic (exact) mass is 379 g/mol. The number of benzene rings is 1. The molecule has 1 N–H and O–H groups in total. The number of quaternary nitrogens is 1. The lowest BCUT2D eigenvalue weighted by Gasteiger charge is -2.31. The quantitative estimate of drug-likeness (QED) is 0.723. The molecule has 3 aromatic rings. The number of oxazole rings is 1. The Morgan fingerprint density at radius 1 is 1.21 bits per heavy atom. The van der Waals surface area contributed by atoms with Gasteiger partial charge in [-0.2, -0.15) is 0 Å². The Morgan fingerprint density at radius 3 is 2.68 bits per heavy atom. The summed E-state index contributed by atoms with van der Waals surface area (Å²) < 4.78 is 10.7. The van der Waals surface area contributed by atoms with E-state index < -0.39 is 0 Å². The zero-order valence-electron chi connectivity index (χ0n) is 15.8. The molecule has 1 aliphatic heterocycles. The largest absolute Gasteiger partial charge is 0.497 e. The molecule has 0 aliphatic carbocycles. The Labute approximate surface area is 163 Å². The molecule has 28 heavy (non-hydrogen) atoms. The van der Waals surface area contributed by atoms with E-state index >= 15 is 0 Å². The highest BCUT2D eigenvalue weighted by atomic mass is 16.5. The summed E-state index contributed by atoms with van der Waals surface area (Å²) in [6.07, 6.45) is 5.02. The Kier molecular flexibility index (Phi) is 5.34. The van der Waals surface area contributed by atoms with Crippen molar-refractivity contribution in [3.05, 3.63) is 66.4 Å². The average molecular weight is 379 g/mol. The number of ether oxygens (including phenoxy) is 1. The molecule has 0 radical (unpaired) electrons. The molecule has 144 valence electrons. The SMILES string of the molecule is COc1ccc(-c2ocnc2C(=O)N2CC[NH+](Cc3cccnc3)CC2)cc1. The van der Waals surface area contributed by atoms with Gasteiger partial charge in [0.1, 0.15) is 12.3 Å². The predicted molar refractivity (Wildman–Crippen MR) is 103 cm³/mol. The zero-order chi connectivity index (χ0) is 19.3. The van der Waals surface area contributed by atoms with Crippen molar-refractivity contribution in [3.8, 4) is 17.1 Å². The fraction of sp³-hybridized carbons (Fsp3) is 0.286.